The van der Waals surface area contributed by atoms with Crippen LogP contribution in [0.5, 0.6) is 0 Å². The van der Waals surface area contributed by atoms with Gasteiger partial charge >= 0.3 is 0 Å². The van der Waals surface area contributed by atoms with E-state index in [2.05, 4.69) is 10.1 Å². The zero-order chi connectivity index (χ0) is 14.6. The predicted octanol–water partition coefficient (Wildman–Crippen LogP) is 0.957. The fourth-order valence-corrected chi connectivity index (χ4v) is 2.89. The maximum Gasteiger partial charge on any atom is 0.270 e. The quantitative estimate of drug-likeness (QED) is 0.406. The molecule has 0 aliphatic rings. The van der Waals surface area contributed by atoms with E-state index >= 15 is 0 Å². The fourth-order valence-electron chi connectivity index (χ4n) is 1.38. The molecule has 0 aliphatic carbocycles. The van der Waals surface area contributed by atoms with Crippen LogP contribution in [0.15, 0.2) is 23.1 Å². The number of benzene rings is 1. The number of nitrogens with one attached hydrogen (secondary N) is 2. The molecule has 1 unspecified atom stereocenters. The molecule has 9 heteroatoms. The third-order valence-electron chi connectivity index (χ3n) is 2.59. The topological polar surface area (TPSA) is 127 Å². The first-order valence-corrected chi connectivity index (χ1v) is 7.07. The van der Waals surface area contributed by atoms with Gasteiger partial charge in [0.1, 0.15) is 4.90 Å². The Bertz CT molecular complexity index is 573. The molecule has 0 aliphatic heterocycles. The molecule has 1 rings (SSSR count). The van der Waals surface area contributed by atoms with Gasteiger partial charge in [-0.2, -0.15) is 0 Å². The fraction of sp³-hybridized carbons (Fsp3) is 0.400. The van der Waals surface area contributed by atoms with Crippen molar-refractivity contribution in [2.75, 3.05) is 5.43 Å². The lowest BCUT2D eigenvalue weighted by molar-refractivity contribution is -0.385. The van der Waals surface area contributed by atoms with Gasteiger partial charge in [-0.05, 0) is 19.4 Å². The van der Waals surface area contributed by atoms with Gasteiger partial charge in [-0.3, -0.25) is 16.0 Å². The number of non-ortho nitro benzene ring substituents is 1. The molecule has 0 saturated heterocycles. The van der Waals surface area contributed by atoms with Crippen molar-refractivity contribution < 1.29 is 13.3 Å². The maximum atomic E-state index is 12.1. The van der Waals surface area contributed by atoms with E-state index in [9.17, 15) is 18.5 Å². The number of hydrogen-bond acceptors (Lipinski definition) is 6. The van der Waals surface area contributed by atoms with Gasteiger partial charge < -0.3 is 5.43 Å². The Kier molecular flexibility index (Phi) is 4.81. The van der Waals surface area contributed by atoms with Crippen molar-refractivity contribution in [3.63, 3.8) is 0 Å². The van der Waals surface area contributed by atoms with Crippen molar-refractivity contribution in [2.45, 2.75) is 31.2 Å². The molecule has 0 aromatic heterocycles. The first kappa shape index (κ1) is 15.3. The average molecular weight is 288 g/mol. The maximum absolute atomic E-state index is 12.1. The molecule has 0 bridgehead atoms. The van der Waals surface area contributed by atoms with Crippen LogP contribution >= 0.6 is 0 Å². The number of nitrogen functional groups attached to an aromatic ring is 1. The molecule has 0 radical (unpaired) electrons. The van der Waals surface area contributed by atoms with E-state index in [-0.39, 0.29) is 22.3 Å². The van der Waals surface area contributed by atoms with Gasteiger partial charge in [0.05, 0.1) is 10.6 Å². The molecule has 4 N–H and O–H groups in total. The Labute approximate surface area is 111 Å². The van der Waals surface area contributed by atoms with Crippen molar-refractivity contribution >= 4 is 21.4 Å². The largest absolute Gasteiger partial charge is 0.323 e. The summed E-state index contributed by atoms with van der Waals surface area (Å²) in [6, 6.07) is 3.12. The van der Waals surface area contributed by atoms with E-state index < -0.39 is 14.9 Å². The van der Waals surface area contributed by atoms with E-state index in [4.69, 9.17) is 5.84 Å². The van der Waals surface area contributed by atoms with Gasteiger partial charge in [-0.25, -0.2) is 13.1 Å². The number of nitrogens with two attached hydrogens (primary N) is 1. The van der Waals surface area contributed by atoms with Gasteiger partial charge in [-0.1, -0.05) is 6.92 Å². The number of nitro benzene ring substituents is 1. The van der Waals surface area contributed by atoms with Crippen molar-refractivity contribution in [2.24, 2.45) is 5.84 Å². The molecule has 1 aromatic rings. The van der Waals surface area contributed by atoms with E-state index in [0.717, 1.165) is 6.07 Å². The first-order valence-electron chi connectivity index (χ1n) is 5.59. The number of sulfonamides is 1. The SMILES string of the molecule is CCC(C)NS(=O)(=O)c1cc([N+](=O)[O-])ccc1NN. The average Bonchev–Trinajstić information content (AvgIpc) is 2.37. The summed E-state index contributed by atoms with van der Waals surface area (Å²) in [4.78, 5) is 9.79. The van der Waals surface area contributed by atoms with E-state index in [0.29, 0.717) is 6.42 Å². The zero-order valence-electron chi connectivity index (χ0n) is 10.6. The number of hydrogen-bond donors (Lipinski definition) is 3. The molecule has 0 amide bonds. The van der Waals surface area contributed by atoms with Crippen LogP contribution in [-0.4, -0.2) is 19.4 Å². The highest BCUT2D eigenvalue weighted by atomic mass is 32.2. The summed E-state index contributed by atoms with van der Waals surface area (Å²) in [6.45, 7) is 3.52. The Balaban J connectivity index is 3.30. The van der Waals surface area contributed by atoms with Crippen LogP contribution in [-0.2, 0) is 10.0 Å². The Morgan fingerprint density at radius 1 is 1.47 bits per heavy atom. The standard InChI is InChI=1S/C10H16N4O4S/c1-3-7(2)13-19(17,18)10-6-8(14(15)16)4-5-9(10)12-11/h4-7,12-13H,3,11H2,1-2H3. The molecule has 8 nitrogen and oxygen atoms in total. The molecular formula is C10H16N4O4S. The zero-order valence-corrected chi connectivity index (χ0v) is 11.4. The van der Waals surface area contributed by atoms with Crippen LogP contribution in [0.2, 0.25) is 0 Å². The predicted molar refractivity (Wildman–Crippen MR) is 71.0 cm³/mol. The molecule has 0 heterocycles. The lowest BCUT2D eigenvalue weighted by Gasteiger charge is -2.14. The minimum absolute atomic E-state index is 0.0985. The summed E-state index contributed by atoms with van der Waals surface area (Å²) in [7, 11) is -3.87. The second kappa shape index (κ2) is 5.95. The molecule has 106 valence electrons. The highest BCUT2D eigenvalue weighted by Gasteiger charge is 2.23. The van der Waals surface area contributed by atoms with Gasteiger partial charge in [0, 0.05) is 18.2 Å². The summed E-state index contributed by atoms with van der Waals surface area (Å²) >= 11 is 0. The minimum atomic E-state index is -3.87. The second-order valence-electron chi connectivity index (χ2n) is 4.01. The number of nitrogens with zero attached hydrogens (tertiary/aromatic N) is 1. The summed E-state index contributed by atoms with van der Waals surface area (Å²) in [6.07, 6.45) is 0.597. The van der Waals surface area contributed by atoms with E-state index in [1.807, 2.05) is 6.92 Å². The summed E-state index contributed by atoms with van der Waals surface area (Å²) in [5, 5.41) is 10.7. The molecule has 0 spiro atoms. The molecule has 1 aromatic carbocycles. The number of rotatable bonds is 6. The van der Waals surface area contributed by atoms with Gasteiger partial charge in [0.25, 0.3) is 5.69 Å². The summed E-state index contributed by atoms with van der Waals surface area (Å²) in [5.74, 6) is 5.22. The lowest BCUT2D eigenvalue weighted by atomic mass is 10.3. The van der Waals surface area contributed by atoms with Gasteiger partial charge in [-0.15, -0.1) is 0 Å². The van der Waals surface area contributed by atoms with Gasteiger partial charge in [0.2, 0.25) is 10.0 Å². The normalized spacial score (nSPS) is 13.0. The van der Waals surface area contributed by atoms with Crippen molar-refractivity contribution in [3.05, 3.63) is 28.3 Å². The summed E-state index contributed by atoms with van der Waals surface area (Å²) < 4.78 is 26.7. The highest BCUT2D eigenvalue weighted by molar-refractivity contribution is 7.89. The van der Waals surface area contributed by atoms with Crippen molar-refractivity contribution in [1.82, 2.24) is 4.72 Å². The third-order valence-corrected chi connectivity index (χ3v) is 4.22. The van der Waals surface area contributed by atoms with Crippen LogP contribution in [0.1, 0.15) is 20.3 Å². The minimum Gasteiger partial charge on any atom is -0.323 e. The summed E-state index contributed by atoms with van der Waals surface area (Å²) in [5.41, 5.74) is 2.00. The third kappa shape index (κ3) is 3.63. The molecule has 0 saturated carbocycles. The number of hydrazine groups is 1. The number of nitro groups is 1. The van der Waals surface area contributed by atoms with Crippen LogP contribution in [0.25, 0.3) is 0 Å². The Morgan fingerprint density at radius 2 is 2.11 bits per heavy atom. The monoisotopic (exact) mass is 288 g/mol. The van der Waals surface area contributed by atoms with Crippen molar-refractivity contribution in [3.8, 4) is 0 Å². The molecule has 19 heavy (non-hydrogen) atoms. The smallest absolute Gasteiger partial charge is 0.270 e. The molecule has 0 fully saturated rings. The van der Waals surface area contributed by atoms with Crippen LogP contribution < -0.4 is 16.0 Å². The molecular weight excluding hydrogens is 272 g/mol. The van der Waals surface area contributed by atoms with Crippen LogP contribution in [0.3, 0.4) is 0 Å². The Hall–Kier alpha value is -1.71. The van der Waals surface area contributed by atoms with E-state index in [1.165, 1.54) is 12.1 Å². The first-order chi connectivity index (χ1) is 8.81. The van der Waals surface area contributed by atoms with Crippen molar-refractivity contribution in [1.29, 1.82) is 0 Å². The number of anilines is 1. The van der Waals surface area contributed by atoms with Gasteiger partial charge in [0.15, 0.2) is 0 Å². The lowest BCUT2D eigenvalue weighted by Crippen LogP contribution is -2.32. The second-order valence-corrected chi connectivity index (χ2v) is 5.69. The van der Waals surface area contributed by atoms with E-state index in [1.54, 1.807) is 6.92 Å². The molecule has 1 atom stereocenters. The Morgan fingerprint density at radius 3 is 2.58 bits per heavy atom. The van der Waals surface area contributed by atoms with Crippen LogP contribution in [0.4, 0.5) is 11.4 Å². The highest BCUT2D eigenvalue weighted by Crippen LogP contribution is 2.25. The van der Waals surface area contributed by atoms with Crippen LogP contribution in [0, 0.1) is 10.1 Å².